The Bertz CT molecular complexity index is 612. The molecule has 1 aliphatic rings. The topological polar surface area (TPSA) is 47.3 Å². The predicted octanol–water partition coefficient (Wildman–Crippen LogP) is 2.93. The number of phenols is 1. The Balaban J connectivity index is 2.06. The lowest BCUT2D eigenvalue weighted by atomic mass is 10.2. The van der Waals surface area contributed by atoms with E-state index in [2.05, 4.69) is 20.9 Å². The Hall–Kier alpha value is -1.40. The van der Waals surface area contributed by atoms with Crippen LogP contribution in [0.1, 0.15) is 5.69 Å². The minimum absolute atomic E-state index is 0.209. The van der Waals surface area contributed by atoms with Gasteiger partial charge in [0.05, 0.1) is 18.8 Å². The Kier molecular flexibility index (Phi) is 3.76. The monoisotopic (exact) mass is 340 g/mol. The number of halogens is 2. The van der Waals surface area contributed by atoms with E-state index in [0.717, 1.165) is 21.7 Å². The number of alkyl halides is 1. The van der Waals surface area contributed by atoms with Gasteiger partial charge in [0.2, 0.25) is 0 Å². The van der Waals surface area contributed by atoms with E-state index in [9.17, 15) is 9.50 Å². The Labute approximate surface area is 124 Å². The number of nitrogens with zero attached hydrogens (tertiary/aromatic N) is 2. The average Bonchev–Trinajstić information content (AvgIpc) is 2.65. The van der Waals surface area contributed by atoms with Crippen LogP contribution in [0.2, 0.25) is 0 Å². The lowest BCUT2D eigenvalue weighted by Gasteiger charge is -2.14. The SMILES string of the molecule is Oc1ccc(-c2nc(Br)c3n2C[C@@H](CF)OCC3)cc1. The van der Waals surface area contributed by atoms with Crippen LogP contribution in [0, 0.1) is 0 Å². The molecule has 1 aromatic heterocycles. The first-order chi connectivity index (χ1) is 9.69. The molecule has 0 bridgehead atoms. The van der Waals surface area contributed by atoms with Crippen molar-refractivity contribution >= 4 is 15.9 Å². The first-order valence-electron chi connectivity index (χ1n) is 6.41. The Morgan fingerprint density at radius 3 is 2.85 bits per heavy atom. The summed E-state index contributed by atoms with van der Waals surface area (Å²) < 4.78 is 21.2. The van der Waals surface area contributed by atoms with Crippen molar-refractivity contribution < 1.29 is 14.2 Å². The molecule has 0 unspecified atom stereocenters. The summed E-state index contributed by atoms with van der Waals surface area (Å²) in [6.45, 7) is 0.429. The molecule has 106 valence electrons. The zero-order valence-electron chi connectivity index (χ0n) is 10.7. The van der Waals surface area contributed by atoms with Crippen LogP contribution in [0.3, 0.4) is 0 Å². The zero-order chi connectivity index (χ0) is 14.1. The lowest BCUT2D eigenvalue weighted by Crippen LogP contribution is -2.21. The number of rotatable bonds is 2. The molecule has 0 amide bonds. The first kappa shape index (κ1) is 13.6. The van der Waals surface area contributed by atoms with Gasteiger partial charge in [-0.3, -0.25) is 0 Å². The number of hydrogen-bond donors (Lipinski definition) is 1. The van der Waals surface area contributed by atoms with Crippen molar-refractivity contribution in [2.75, 3.05) is 13.3 Å². The highest BCUT2D eigenvalue weighted by Gasteiger charge is 2.23. The summed E-state index contributed by atoms with van der Waals surface area (Å²) in [6.07, 6.45) is 0.260. The van der Waals surface area contributed by atoms with Crippen molar-refractivity contribution in [1.82, 2.24) is 9.55 Å². The maximum absolute atomic E-state index is 12.9. The fraction of sp³-hybridized carbons (Fsp3) is 0.357. The normalized spacial score (nSPS) is 18.6. The lowest BCUT2D eigenvalue weighted by molar-refractivity contribution is 0.0355. The van der Waals surface area contributed by atoms with Gasteiger partial charge in [-0.1, -0.05) is 0 Å². The average molecular weight is 341 g/mol. The molecule has 4 nitrogen and oxygen atoms in total. The van der Waals surface area contributed by atoms with Gasteiger partial charge in [-0.15, -0.1) is 0 Å². The molecule has 0 spiro atoms. The predicted molar refractivity (Wildman–Crippen MR) is 76.4 cm³/mol. The summed E-state index contributed by atoms with van der Waals surface area (Å²) in [7, 11) is 0. The van der Waals surface area contributed by atoms with Crippen LogP contribution < -0.4 is 0 Å². The summed E-state index contributed by atoms with van der Waals surface area (Å²) >= 11 is 3.46. The third kappa shape index (κ3) is 2.45. The maximum atomic E-state index is 12.9. The second-order valence-electron chi connectivity index (χ2n) is 4.73. The van der Waals surface area contributed by atoms with Gasteiger partial charge in [-0.05, 0) is 40.2 Å². The molecule has 0 saturated carbocycles. The molecule has 1 N–H and O–H groups in total. The van der Waals surface area contributed by atoms with E-state index in [1.807, 2.05) is 4.57 Å². The summed E-state index contributed by atoms with van der Waals surface area (Å²) in [5.74, 6) is 0.969. The van der Waals surface area contributed by atoms with E-state index < -0.39 is 12.8 Å². The van der Waals surface area contributed by atoms with E-state index in [1.54, 1.807) is 24.3 Å². The molecule has 2 heterocycles. The van der Waals surface area contributed by atoms with E-state index in [-0.39, 0.29) is 5.75 Å². The second kappa shape index (κ2) is 5.54. The highest BCUT2D eigenvalue weighted by Crippen LogP contribution is 2.29. The first-order valence-corrected chi connectivity index (χ1v) is 7.20. The molecular weight excluding hydrogens is 327 g/mol. The Morgan fingerprint density at radius 2 is 2.15 bits per heavy atom. The summed E-state index contributed by atoms with van der Waals surface area (Å²) in [5, 5.41) is 9.37. The fourth-order valence-corrected chi connectivity index (χ4v) is 2.97. The standard InChI is InChI=1S/C14H14BrFN2O2/c15-13-12-5-6-20-11(7-16)8-18(12)14(17-13)9-1-3-10(19)4-2-9/h1-4,11,19H,5-8H2/t11-/m1/s1. The van der Waals surface area contributed by atoms with E-state index in [1.165, 1.54) is 0 Å². The highest BCUT2D eigenvalue weighted by molar-refractivity contribution is 9.10. The van der Waals surface area contributed by atoms with Gasteiger partial charge < -0.3 is 14.4 Å². The number of aromatic nitrogens is 2. The minimum Gasteiger partial charge on any atom is -0.508 e. The van der Waals surface area contributed by atoms with Crippen LogP contribution in [0.4, 0.5) is 4.39 Å². The van der Waals surface area contributed by atoms with Crippen molar-refractivity contribution in [2.45, 2.75) is 19.1 Å². The van der Waals surface area contributed by atoms with Crippen molar-refractivity contribution in [1.29, 1.82) is 0 Å². The molecule has 1 aromatic carbocycles. The molecule has 3 rings (SSSR count). The smallest absolute Gasteiger partial charge is 0.141 e. The summed E-state index contributed by atoms with van der Waals surface area (Å²) in [5.41, 5.74) is 1.90. The van der Waals surface area contributed by atoms with Gasteiger partial charge in [-0.2, -0.15) is 0 Å². The Morgan fingerprint density at radius 1 is 1.40 bits per heavy atom. The third-order valence-corrected chi connectivity index (χ3v) is 4.03. The third-order valence-electron chi connectivity index (χ3n) is 3.40. The van der Waals surface area contributed by atoms with Crippen LogP contribution in [0.25, 0.3) is 11.4 Å². The molecule has 0 radical (unpaired) electrons. The van der Waals surface area contributed by atoms with Crippen LogP contribution >= 0.6 is 15.9 Å². The van der Waals surface area contributed by atoms with Gasteiger partial charge in [0.15, 0.2) is 0 Å². The molecule has 0 fully saturated rings. The van der Waals surface area contributed by atoms with Crippen LogP contribution in [0.15, 0.2) is 28.9 Å². The van der Waals surface area contributed by atoms with E-state index in [0.29, 0.717) is 19.6 Å². The summed E-state index contributed by atoms with van der Waals surface area (Å²) in [6, 6.07) is 6.83. The van der Waals surface area contributed by atoms with Gasteiger partial charge >= 0.3 is 0 Å². The number of hydrogen-bond acceptors (Lipinski definition) is 3. The van der Waals surface area contributed by atoms with Gasteiger partial charge in [0.25, 0.3) is 0 Å². The molecule has 0 saturated heterocycles. The van der Waals surface area contributed by atoms with Gasteiger partial charge in [0, 0.05) is 12.0 Å². The van der Waals surface area contributed by atoms with Crippen molar-refractivity contribution in [3.05, 3.63) is 34.6 Å². The fourth-order valence-electron chi connectivity index (χ4n) is 2.39. The zero-order valence-corrected chi connectivity index (χ0v) is 12.3. The molecule has 0 aliphatic carbocycles. The second-order valence-corrected chi connectivity index (χ2v) is 5.48. The van der Waals surface area contributed by atoms with E-state index >= 15 is 0 Å². The number of imidazole rings is 1. The molecule has 20 heavy (non-hydrogen) atoms. The van der Waals surface area contributed by atoms with Crippen molar-refractivity contribution in [2.24, 2.45) is 0 Å². The largest absolute Gasteiger partial charge is 0.508 e. The van der Waals surface area contributed by atoms with Crippen molar-refractivity contribution in [3.63, 3.8) is 0 Å². The quantitative estimate of drug-likeness (QED) is 0.914. The van der Waals surface area contributed by atoms with Crippen LogP contribution in [-0.2, 0) is 17.7 Å². The number of benzene rings is 1. The van der Waals surface area contributed by atoms with E-state index in [4.69, 9.17) is 4.74 Å². The number of ether oxygens (including phenoxy) is 1. The molecule has 6 heteroatoms. The number of aromatic hydroxyl groups is 1. The maximum Gasteiger partial charge on any atom is 0.141 e. The van der Waals surface area contributed by atoms with Crippen molar-refractivity contribution in [3.8, 4) is 17.1 Å². The molecule has 2 aromatic rings. The number of phenolic OH excluding ortho intramolecular Hbond substituents is 1. The molecule has 1 aliphatic heterocycles. The van der Waals surface area contributed by atoms with Crippen LogP contribution in [-0.4, -0.2) is 34.0 Å². The summed E-state index contributed by atoms with van der Waals surface area (Å²) in [4.78, 5) is 4.52. The molecular formula is C14H14BrFN2O2. The van der Waals surface area contributed by atoms with Gasteiger partial charge in [-0.25, -0.2) is 9.37 Å². The van der Waals surface area contributed by atoms with Gasteiger partial charge in [0.1, 0.15) is 29.0 Å². The minimum atomic E-state index is -0.510. The van der Waals surface area contributed by atoms with Crippen LogP contribution in [0.5, 0.6) is 5.75 Å². The number of fused-ring (bicyclic) bond motifs is 1. The highest BCUT2D eigenvalue weighted by atomic mass is 79.9. The molecule has 1 atom stereocenters.